The second-order valence-electron chi connectivity index (χ2n) is 6.83. The zero-order chi connectivity index (χ0) is 17.1. The van der Waals surface area contributed by atoms with Crippen molar-refractivity contribution in [2.75, 3.05) is 6.54 Å². The topological polar surface area (TPSA) is 51.0 Å². The Bertz CT molecular complexity index is 705. The Labute approximate surface area is 143 Å². The summed E-state index contributed by atoms with van der Waals surface area (Å²) in [6.07, 6.45) is 5.57. The lowest BCUT2D eigenvalue weighted by molar-refractivity contribution is -0.134. The van der Waals surface area contributed by atoms with Gasteiger partial charge in [0, 0.05) is 24.1 Å². The molecule has 3 rings (SSSR count). The van der Waals surface area contributed by atoms with E-state index in [1.165, 1.54) is 6.42 Å². The van der Waals surface area contributed by atoms with Crippen LogP contribution in [0.1, 0.15) is 41.9 Å². The molecule has 5 heteroatoms. The van der Waals surface area contributed by atoms with Crippen molar-refractivity contribution in [1.82, 2.24) is 19.7 Å². The van der Waals surface area contributed by atoms with Crippen LogP contribution in [-0.2, 0) is 17.8 Å². The molecule has 2 aromatic heterocycles. The fourth-order valence-corrected chi connectivity index (χ4v) is 3.46. The van der Waals surface area contributed by atoms with Crippen molar-refractivity contribution < 1.29 is 4.79 Å². The van der Waals surface area contributed by atoms with Crippen molar-refractivity contribution in [3.63, 3.8) is 0 Å². The molecule has 0 bridgehead atoms. The Kier molecular flexibility index (Phi) is 4.97. The number of piperidine rings is 1. The minimum Gasteiger partial charge on any atom is -0.338 e. The predicted molar refractivity (Wildman–Crippen MR) is 93.7 cm³/mol. The van der Waals surface area contributed by atoms with E-state index < -0.39 is 0 Å². The third-order valence-corrected chi connectivity index (χ3v) is 4.76. The highest BCUT2D eigenvalue weighted by atomic mass is 16.2. The molecular formula is C19H26N4O. The number of aromatic nitrogens is 3. The molecule has 5 nitrogen and oxygen atoms in total. The summed E-state index contributed by atoms with van der Waals surface area (Å²) in [5, 5.41) is 4.56. The van der Waals surface area contributed by atoms with Crippen LogP contribution in [0.2, 0.25) is 0 Å². The van der Waals surface area contributed by atoms with Gasteiger partial charge < -0.3 is 4.90 Å². The Balaban J connectivity index is 1.70. The number of carbonyl (C=O) groups excluding carboxylic acids is 1. The fraction of sp³-hybridized carbons (Fsp3) is 0.526. The van der Waals surface area contributed by atoms with Crippen LogP contribution in [0.4, 0.5) is 0 Å². The average molecular weight is 326 g/mol. The summed E-state index contributed by atoms with van der Waals surface area (Å²) >= 11 is 0. The minimum absolute atomic E-state index is 0.201. The quantitative estimate of drug-likeness (QED) is 0.868. The molecule has 1 saturated heterocycles. The Morgan fingerprint density at radius 1 is 1.21 bits per heavy atom. The number of rotatable bonds is 4. The molecule has 0 N–H and O–H groups in total. The van der Waals surface area contributed by atoms with Crippen LogP contribution in [0.5, 0.6) is 0 Å². The van der Waals surface area contributed by atoms with Gasteiger partial charge in [0.15, 0.2) is 0 Å². The lowest BCUT2D eigenvalue weighted by Gasteiger charge is -2.36. The van der Waals surface area contributed by atoms with Gasteiger partial charge in [0.05, 0.1) is 24.7 Å². The van der Waals surface area contributed by atoms with E-state index in [1.807, 2.05) is 36.9 Å². The van der Waals surface area contributed by atoms with E-state index in [-0.39, 0.29) is 11.9 Å². The number of pyridine rings is 1. The van der Waals surface area contributed by atoms with E-state index in [0.717, 1.165) is 48.6 Å². The van der Waals surface area contributed by atoms with Crippen molar-refractivity contribution in [1.29, 1.82) is 0 Å². The number of amides is 1. The number of hydrogen-bond acceptors (Lipinski definition) is 3. The monoisotopic (exact) mass is 326 g/mol. The van der Waals surface area contributed by atoms with Gasteiger partial charge in [-0.25, -0.2) is 0 Å². The van der Waals surface area contributed by atoms with Crippen LogP contribution in [0.25, 0.3) is 0 Å². The van der Waals surface area contributed by atoms with Gasteiger partial charge in [-0.15, -0.1) is 0 Å². The molecule has 0 radical (unpaired) electrons. The molecule has 0 spiro atoms. The van der Waals surface area contributed by atoms with E-state index in [1.54, 1.807) is 0 Å². The molecule has 1 aliphatic rings. The molecular weight excluding hydrogens is 300 g/mol. The maximum Gasteiger partial charge on any atom is 0.227 e. The highest BCUT2D eigenvalue weighted by Crippen LogP contribution is 2.20. The first kappa shape index (κ1) is 16.7. The van der Waals surface area contributed by atoms with Crippen molar-refractivity contribution in [3.05, 3.63) is 47.0 Å². The number of aryl methyl sites for hydroxylation is 3. The Morgan fingerprint density at radius 2 is 2.04 bits per heavy atom. The van der Waals surface area contributed by atoms with Crippen LogP contribution < -0.4 is 0 Å². The first-order valence-electron chi connectivity index (χ1n) is 8.75. The molecule has 1 unspecified atom stereocenters. The average Bonchev–Trinajstić information content (AvgIpc) is 2.87. The molecule has 1 amide bonds. The van der Waals surface area contributed by atoms with Crippen LogP contribution in [0.15, 0.2) is 24.4 Å². The van der Waals surface area contributed by atoms with Crippen LogP contribution in [-0.4, -0.2) is 38.2 Å². The van der Waals surface area contributed by atoms with Gasteiger partial charge in [-0.05, 0) is 57.7 Å². The van der Waals surface area contributed by atoms with Gasteiger partial charge in [0.1, 0.15) is 0 Å². The summed E-state index contributed by atoms with van der Waals surface area (Å²) in [5.74, 6) is 0.201. The van der Waals surface area contributed by atoms with Crippen LogP contribution in [0, 0.1) is 20.8 Å². The van der Waals surface area contributed by atoms with Crippen molar-refractivity contribution in [2.45, 2.75) is 59.0 Å². The number of nitrogens with zero attached hydrogens (tertiary/aromatic N) is 4. The molecule has 1 atom stereocenters. The first-order valence-corrected chi connectivity index (χ1v) is 8.75. The highest BCUT2D eigenvalue weighted by molar-refractivity contribution is 5.79. The first-order chi connectivity index (χ1) is 11.5. The molecule has 0 aliphatic carbocycles. The van der Waals surface area contributed by atoms with Crippen molar-refractivity contribution in [2.24, 2.45) is 0 Å². The Morgan fingerprint density at radius 3 is 2.71 bits per heavy atom. The van der Waals surface area contributed by atoms with E-state index in [2.05, 4.69) is 28.0 Å². The molecule has 3 heterocycles. The summed E-state index contributed by atoms with van der Waals surface area (Å²) < 4.78 is 2.04. The van der Waals surface area contributed by atoms with Crippen molar-refractivity contribution in [3.8, 4) is 0 Å². The normalized spacial score (nSPS) is 18.0. The Hall–Kier alpha value is -2.17. The minimum atomic E-state index is 0.201. The lowest BCUT2D eigenvalue weighted by atomic mass is 10.0. The molecule has 1 aliphatic heterocycles. The molecule has 0 saturated carbocycles. The summed E-state index contributed by atoms with van der Waals surface area (Å²) in [4.78, 5) is 19.2. The van der Waals surface area contributed by atoms with Gasteiger partial charge in [0.2, 0.25) is 5.91 Å². The molecule has 1 fully saturated rings. The van der Waals surface area contributed by atoms with Gasteiger partial charge in [-0.2, -0.15) is 5.10 Å². The van der Waals surface area contributed by atoms with Crippen LogP contribution >= 0.6 is 0 Å². The smallest absolute Gasteiger partial charge is 0.227 e. The van der Waals surface area contributed by atoms with E-state index in [9.17, 15) is 4.79 Å². The maximum atomic E-state index is 12.8. The summed E-state index contributed by atoms with van der Waals surface area (Å²) in [6.45, 7) is 7.69. The molecule has 24 heavy (non-hydrogen) atoms. The number of likely N-dealkylation sites (tertiary alicyclic amines) is 1. The third-order valence-electron chi connectivity index (χ3n) is 4.76. The second-order valence-corrected chi connectivity index (χ2v) is 6.83. The molecule has 128 valence electrons. The molecule has 2 aromatic rings. The van der Waals surface area contributed by atoms with E-state index in [4.69, 9.17) is 0 Å². The largest absolute Gasteiger partial charge is 0.338 e. The van der Waals surface area contributed by atoms with Gasteiger partial charge >= 0.3 is 0 Å². The zero-order valence-corrected chi connectivity index (χ0v) is 14.8. The fourth-order valence-electron chi connectivity index (χ4n) is 3.46. The highest BCUT2D eigenvalue weighted by Gasteiger charge is 2.27. The number of carbonyl (C=O) groups is 1. The lowest BCUT2D eigenvalue weighted by Crippen LogP contribution is -2.46. The second kappa shape index (κ2) is 7.16. The summed E-state index contributed by atoms with van der Waals surface area (Å²) in [5.41, 5.74) is 4.16. The van der Waals surface area contributed by atoms with E-state index >= 15 is 0 Å². The van der Waals surface area contributed by atoms with Crippen LogP contribution in [0.3, 0.4) is 0 Å². The number of hydrogen-bond donors (Lipinski definition) is 0. The molecule has 0 aromatic carbocycles. The zero-order valence-electron chi connectivity index (χ0n) is 14.8. The van der Waals surface area contributed by atoms with Gasteiger partial charge in [0.25, 0.3) is 0 Å². The van der Waals surface area contributed by atoms with Crippen molar-refractivity contribution >= 4 is 5.91 Å². The van der Waals surface area contributed by atoms with Gasteiger partial charge in [-0.1, -0.05) is 6.07 Å². The summed E-state index contributed by atoms with van der Waals surface area (Å²) in [7, 11) is 0. The van der Waals surface area contributed by atoms with Gasteiger partial charge in [-0.3, -0.25) is 14.5 Å². The summed E-state index contributed by atoms with van der Waals surface area (Å²) in [6, 6.07) is 6.29. The standard InChI is InChI=1S/C19H26N4O/c1-14-7-8-17(12-20-14)11-19(24)22-9-5-4-6-18(22)13-23-16(3)10-15(2)21-23/h7-8,10,12,18H,4-6,9,11,13H2,1-3H3. The SMILES string of the molecule is Cc1ccc(CC(=O)N2CCCCC2Cn2nc(C)cc2C)cn1. The third kappa shape index (κ3) is 3.83. The van der Waals surface area contributed by atoms with E-state index in [0.29, 0.717) is 6.42 Å². The predicted octanol–water partition coefficient (Wildman–Crippen LogP) is 2.83. The maximum absolute atomic E-state index is 12.8.